The summed E-state index contributed by atoms with van der Waals surface area (Å²) >= 11 is 0. The van der Waals surface area contributed by atoms with Gasteiger partial charge in [0.1, 0.15) is 5.82 Å². The Hall–Kier alpha value is -2.76. The maximum absolute atomic E-state index is 13.6. The van der Waals surface area contributed by atoms with Crippen molar-refractivity contribution >= 4 is 18.5 Å². The Kier molecular flexibility index (Phi) is 7.88. The highest BCUT2D eigenvalue weighted by Crippen LogP contribution is 2.20. The van der Waals surface area contributed by atoms with E-state index in [1.54, 1.807) is 25.1 Å². The largest absolute Gasteiger partial charge is 0.305 e. The number of hydrogen-bond donors (Lipinski definition) is 0. The molecule has 0 aliphatic rings. The van der Waals surface area contributed by atoms with Crippen LogP contribution in [0.15, 0.2) is 65.5 Å². The van der Waals surface area contributed by atoms with E-state index in [2.05, 4.69) is 5.10 Å². The molecule has 0 fully saturated rings. The number of benzene rings is 2. The van der Waals surface area contributed by atoms with Gasteiger partial charge in [-0.1, -0.05) is 42.5 Å². The van der Waals surface area contributed by atoms with E-state index in [0.717, 1.165) is 11.1 Å². The maximum Gasteiger partial charge on any atom is 0.271 e. The molecule has 152 valence electrons. The molecule has 0 spiro atoms. The molecular weight excluding hydrogens is 389 g/mol. The summed E-state index contributed by atoms with van der Waals surface area (Å²) in [5.74, 6) is -0.253. The highest BCUT2D eigenvalue weighted by Gasteiger charge is 2.11. The standard InChI is InChI=1S/C23H24FN3O.ClH/c1-17-14-19(11-12-21(17)24)22-15-20(16-26(2)3)23(28)27(25-22)13-7-10-18-8-5-4-6-9-18;/h4-12,14-15H,13,16H2,1-3H3;1H. The molecule has 3 rings (SSSR count). The zero-order valence-electron chi connectivity index (χ0n) is 16.8. The Bertz CT molecular complexity index is 1050. The number of aromatic nitrogens is 2. The molecule has 0 unspecified atom stereocenters. The average Bonchev–Trinajstić information content (AvgIpc) is 2.67. The smallest absolute Gasteiger partial charge is 0.271 e. The minimum absolute atomic E-state index is 0. The molecule has 0 N–H and O–H groups in total. The molecule has 0 saturated heterocycles. The predicted octanol–water partition coefficient (Wildman–Crippen LogP) is 4.55. The van der Waals surface area contributed by atoms with Crippen molar-refractivity contribution in [3.63, 3.8) is 0 Å². The van der Waals surface area contributed by atoms with E-state index in [-0.39, 0.29) is 23.8 Å². The van der Waals surface area contributed by atoms with Crippen LogP contribution in [0.25, 0.3) is 17.3 Å². The van der Waals surface area contributed by atoms with Gasteiger partial charge < -0.3 is 4.90 Å². The fraction of sp³-hybridized carbons (Fsp3) is 0.217. The van der Waals surface area contributed by atoms with Crippen LogP contribution in [0.4, 0.5) is 4.39 Å². The van der Waals surface area contributed by atoms with E-state index >= 15 is 0 Å². The van der Waals surface area contributed by atoms with Crippen molar-refractivity contribution in [1.82, 2.24) is 14.7 Å². The lowest BCUT2D eigenvalue weighted by atomic mass is 10.1. The van der Waals surface area contributed by atoms with Crippen molar-refractivity contribution in [3.05, 3.63) is 93.5 Å². The van der Waals surface area contributed by atoms with Gasteiger partial charge in [-0.25, -0.2) is 9.07 Å². The Morgan fingerprint density at radius 3 is 2.48 bits per heavy atom. The van der Waals surface area contributed by atoms with Gasteiger partial charge in [0.05, 0.1) is 12.2 Å². The summed E-state index contributed by atoms with van der Waals surface area (Å²) in [6.45, 7) is 2.59. The van der Waals surface area contributed by atoms with Crippen molar-refractivity contribution in [2.24, 2.45) is 0 Å². The van der Waals surface area contributed by atoms with Gasteiger partial charge in [-0.2, -0.15) is 5.10 Å². The Morgan fingerprint density at radius 1 is 1.10 bits per heavy atom. The number of halogens is 2. The number of aryl methyl sites for hydroxylation is 1. The molecule has 0 atom stereocenters. The average molecular weight is 414 g/mol. The molecule has 0 aliphatic carbocycles. The lowest BCUT2D eigenvalue weighted by molar-refractivity contribution is 0.397. The van der Waals surface area contributed by atoms with Crippen LogP contribution < -0.4 is 5.56 Å². The summed E-state index contributed by atoms with van der Waals surface area (Å²) in [6, 6.07) is 16.6. The summed E-state index contributed by atoms with van der Waals surface area (Å²) in [4.78, 5) is 14.8. The number of hydrogen-bond acceptors (Lipinski definition) is 3. The second kappa shape index (κ2) is 10.1. The highest BCUT2D eigenvalue weighted by atomic mass is 35.5. The third-order valence-electron chi connectivity index (χ3n) is 4.38. The van der Waals surface area contributed by atoms with Gasteiger partial charge in [-0.05, 0) is 56.4 Å². The van der Waals surface area contributed by atoms with Gasteiger partial charge in [0, 0.05) is 17.7 Å². The van der Waals surface area contributed by atoms with Gasteiger partial charge in [0.25, 0.3) is 5.56 Å². The van der Waals surface area contributed by atoms with Gasteiger partial charge in [0.2, 0.25) is 0 Å². The van der Waals surface area contributed by atoms with Gasteiger partial charge >= 0.3 is 0 Å². The van der Waals surface area contributed by atoms with E-state index < -0.39 is 0 Å². The molecule has 0 aliphatic heterocycles. The van der Waals surface area contributed by atoms with Crippen LogP contribution >= 0.6 is 12.4 Å². The summed E-state index contributed by atoms with van der Waals surface area (Å²) in [6.07, 6.45) is 3.89. The van der Waals surface area contributed by atoms with Crippen LogP contribution in [0.1, 0.15) is 16.7 Å². The molecule has 3 aromatic rings. The van der Waals surface area contributed by atoms with Crippen LogP contribution in [-0.2, 0) is 13.1 Å². The third-order valence-corrected chi connectivity index (χ3v) is 4.38. The molecule has 1 aromatic heterocycles. The maximum atomic E-state index is 13.6. The van der Waals surface area contributed by atoms with Crippen LogP contribution in [0.3, 0.4) is 0 Å². The molecule has 0 radical (unpaired) electrons. The topological polar surface area (TPSA) is 38.1 Å². The zero-order chi connectivity index (χ0) is 20.1. The van der Waals surface area contributed by atoms with Crippen LogP contribution in [0, 0.1) is 12.7 Å². The van der Waals surface area contributed by atoms with Crippen molar-refractivity contribution in [3.8, 4) is 11.3 Å². The summed E-state index contributed by atoms with van der Waals surface area (Å²) < 4.78 is 15.1. The highest BCUT2D eigenvalue weighted by molar-refractivity contribution is 5.85. The summed E-state index contributed by atoms with van der Waals surface area (Å²) in [5, 5.41) is 4.52. The Balaban J connectivity index is 0.00000300. The zero-order valence-corrected chi connectivity index (χ0v) is 17.6. The van der Waals surface area contributed by atoms with Gasteiger partial charge in [-0.3, -0.25) is 4.79 Å². The minimum atomic E-state index is -0.253. The van der Waals surface area contributed by atoms with Crippen molar-refractivity contribution in [1.29, 1.82) is 0 Å². The van der Waals surface area contributed by atoms with E-state index in [9.17, 15) is 9.18 Å². The van der Waals surface area contributed by atoms with Crippen molar-refractivity contribution in [2.75, 3.05) is 14.1 Å². The normalized spacial score (nSPS) is 11.1. The molecule has 1 heterocycles. The molecule has 29 heavy (non-hydrogen) atoms. The third kappa shape index (κ3) is 5.86. The van der Waals surface area contributed by atoms with E-state index in [4.69, 9.17) is 0 Å². The number of allylic oxidation sites excluding steroid dienone is 1. The quantitative estimate of drug-likeness (QED) is 0.594. The Labute approximate surface area is 176 Å². The number of nitrogens with zero attached hydrogens (tertiary/aromatic N) is 3. The first kappa shape index (κ1) is 22.5. The van der Waals surface area contributed by atoms with E-state index in [0.29, 0.717) is 29.9 Å². The molecular formula is C23H25ClFN3O. The van der Waals surface area contributed by atoms with Crippen molar-refractivity contribution < 1.29 is 4.39 Å². The van der Waals surface area contributed by atoms with E-state index in [1.807, 2.05) is 61.5 Å². The summed E-state index contributed by atoms with van der Waals surface area (Å²) in [5.41, 5.74) is 3.61. The van der Waals surface area contributed by atoms with Crippen molar-refractivity contribution in [2.45, 2.75) is 20.0 Å². The van der Waals surface area contributed by atoms with Crippen LogP contribution in [0.2, 0.25) is 0 Å². The SMILES string of the molecule is Cc1cc(-c2cc(CN(C)C)c(=O)n(CC=Cc3ccccc3)n2)ccc1F.Cl. The molecule has 6 heteroatoms. The lowest BCUT2D eigenvalue weighted by Gasteiger charge is -2.13. The first-order chi connectivity index (χ1) is 13.4. The molecule has 0 amide bonds. The second-order valence-electron chi connectivity index (χ2n) is 7.06. The lowest BCUT2D eigenvalue weighted by Crippen LogP contribution is -2.29. The molecule has 0 bridgehead atoms. The fourth-order valence-corrected chi connectivity index (χ4v) is 2.97. The summed E-state index contributed by atoms with van der Waals surface area (Å²) in [7, 11) is 3.84. The first-order valence-electron chi connectivity index (χ1n) is 9.18. The fourth-order valence-electron chi connectivity index (χ4n) is 2.97. The molecule has 0 saturated carbocycles. The molecule has 2 aromatic carbocycles. The molecule has 4 nitrogen and oxygen atoms in total. The predicted molar refractivity (Wildman–Crippen MR) is 119 cm³/mol. The second-order valence-corrected chi connectivity index (χ2v) is 7.06. The first-order valence-corrected chi connectivity index (χ1v) is 9.18. The van der Waals surface area contributed by atoms with E-state index in [1.165, 1.54) is 10.7 Å². The van der Waals surface area contributed by atoms with Gasteiger partial charge in [-0.15, -0.1) is 12.4 Å². The van der Waals surface area contributed by atoms with Crippen LogP contribution in [-0.4, -0.2) is 28.8 Å². The minimum Gasteiger partial charge on any atom is -0.305 e. The van der Waals surface area contributed by atoms with Gasteiger partial charge in [0.15, 0.2) is 0 Å². The van der Waals surface area contributed by atoms with Crippen LogP contribution in [0.5, 0.6) is 0 Å². The number of rotatable bonds is 6. The monoisotopic (exact) mass is 413 g/mol. The Morgan fingerprint density at radius 2 is 1.83 bits per heavy atom.